The Morgan fingerprint density at radius 2 is 1.64 bits per heavy atom. The lowest BCUT2D eigenvalue weighted by atomic mass is 10.1. The van der Waals surface area contributed by atoms with Gasteiger partial charge in [-0.1, -0.05) is 11.6 Å². The zero-order chi connectivity index (χ0) is 18.1. The van der Waals surface area contributed by atoms with E-state index in [0.29, 0.717) is 21.3 Å². The van der Waals surface area contributed by atoms with E-state index in [1.807, 2.05) is 20.8 Å². The number of rotatable bonds is 2. The summed E-state index contributed by atoms with van der Waals surface area (Å²) in [6.07, 6.45) is 0. The van der Waals surface area contributed by atoms with Gasteiger partial charge in [-0.3, -0.25) is 20.4 Å². The fraction of sp³-hybridized carbons (Fsp3) is 0.176. The Labute approximate surface area is 153 Å². The van der Waals surface area contributed by atoms with Crippen molar-refractivity contribution in [2.45, 2.75) is 20.8 Å². The summed E-state index contributed by atoms with van der Waals surface area (Å²) in [5.41, 5.74) is 6.88. The smallest absolute Gasteiger partial charge is 0.267 e. The maximum atomic E-state index is 12.4. The van der Waals surface area contributed by atoms with Gasteiger partial charge in [0.2, 0.25) is 0 Å². The number of aromatic nitrogens is 2. The van der Waals surface area contributed by atoms with Gasteiger partial charge in [-0.25, -0.2) is 9.97 Å². The molecule has 2 heterocycles. The number of nitrogens with zero attached hydrogens (tertiary/aromatic N) is 2. The second kappa shape index (κ2) is 6.78. The molecule has 128 valence electrons. The minimum Gasteiger partial charge on any atom is -0.267 e. The largest absolute Gasteiger partial charge is 0.280 e. The Morgan fingerprint density at radius 3 is 2.32 bits per heavy atom. The maximum Gasteiger partial charge on any atom is 0.280 e. The highest BCUT2D eigenvalue weighted by atomic mass is 35.5. The molecule has 1 aromatic carbocycles. The zero-order valence-corrected chi connectivity index (χ0v) is 15.4. The highest BCUT2D eigenvalue weighted by Gasteiger charge is 2.19. The minimum absolute atomic E-state index is 0.389. The Bertz CT molecular complexity index is 982. The van der Waals surface area contributed by atoms with Crippen LogP contribution < -0.4 is 10.9 Å². The van der Waals surface area contributed by atoms with E-state index in [1.54, 1.807) is 24.3 Å². The molecule has 3 rings (SSSR count). The summed E-state index contributed by atoms with van der Waals surface area (Å²) < 4.78 is 0. The van der Waals surface area contributed by atoms with E-state index in [-0.39, 0.29) is 5.91 Å². The third kappa shape index (κ3) is 3.47. The quantitative estimate of drug-likeness (QED) is 0.674. The molecule has 0 radical (unpaired) electrons. The van der Waals surface area contributed by atoms with Gasteiger partial charge in [0, 0.05) is 21.7 Å². The van der Waals surface area contributed by atoms with E-state index in [0.717, 1.165) is 21.5 Å². The van der Waals surface area contributed by atoms with Crippen molar-refractivity contribution in [3.63, 3.8) is 0 Å². The molecule has 0 fully saturated rings. The average Bonchev–Trinajstić information content (AvgIpc) is 2.89. The lowest BCUT2D eigenvalue weighted by Crippen LogP contribution is -2.41. The van der Waals surface area contributed by atoms with Crippen LogP contribution in [0.15, 0.2) is 24.3 Å². The molecule has 2 amide bonds. The molecular weight excluding hydrogens is 360 g/mol. The van der Waals surface area contributed by atoms with E-state index in [1.165, 1.54) is 11.3 Å². The van der Waals surface area contributed by atoms with E-state index in [2.05, 4.69) is 20.8 Å². The lowest BCUT2D eigenvalue weighted by molar-refractivity contribution is 0.0848. The topological polar surface area (TPSA) is 84.0 Å². The molecule has 0 aliphatic rings. The summed E-state index contributed by atoms with van der Waals surface area (Å²) in [6, 6.07) is 6.38. The van der Waals surface area contributed by atoms with Crippen molar-refractivity contribution in [3.05, 3.63) is 56.8 Å². The molecular formula is C17H15ClN4O2S. The van der Waals surface area contributed by atoms with Crippen LogP contribution in [-0.4, -0.2) is 21.8 Å². The second-order valence-electron chi connectivity index (χ2n) is 5.51. The number of carbonyl (C=O) groups excluding carboxylic acids is 2. The number of benzene rings is 1. The molecule has 0 aliphatic carbocycles. The van der Waals surface area contributed by atoms with Gasteiger partial charge in [-0.2, -0.15) is 0 Å². The average molecular weight is 375 g/mol. The van der Waals surface area contributed by atoms with Gasteiger partial charge < -0.3 is 0 Å². The first-order valence-corrected chi connectivity index (χ1v) is 8.67. The fourth-order valence-electron chi connectivity index (χ4n) is 2.53. The number of hydrogen-bond acceptors (Lipinski definition) is 5. The summed E-state index contributed by atoms with van der Waals surface area (Å²) in [5, 5.41) is 1.41. The molecule has 0 unspecified atom stereocenters. The van der Waals surface area contributed by atoms with Crippen LogP contribution in [0, 0.1) is 20.8 Å². The fourth-order valence-corrected chi connectivity index (χ4v) is 3.83. The molecule has 0 atom stereocenters. The molecule has 0 bridgehead atoms. The predicted octanol–water partition coefficient (Wildman–Crippen LogP) is 3.34. The van der Waals surface area contributed by atoms with Crippen LogP contribution in [-0.2, 0) is 0 Å². The Hall–Kier alpha value is -2.51. The van der Waals surface area contributed by atoms with Crippen molar-refractivity contribution >= 4 is 45.0 Å². The van der Waals surface area contributed by atoms with E-state index < -0.39 is 5.91 Å². The van der Waals surface area contributed by atoms with Crippen LogP contribution in [0.3, 0.4) is 0 Å². The molecule has 3 aromatic rings. The molecule has 2 aromatic heterocycles. The van der Waals surface area contributed by atoms with Gasteiger partial charge in [-0.15, -0.1) is 11.3 Å². The SMILES string of the molecule is Cc1nc(C)c2c(C)c(C(=O)NNC(=O)c3ccc(Cl)cc3)sc2n1. The first-order chi connectivity index (χ1) is 11.9. The number of carbonyl (C=O) groups is 2. The van der Waals surface area contributed by atoms with Crippen LogP contribution in [0.1, 0.15) is 37.1 Å². The van der Waals surface area contributed by atoms with E-state index in [9.17, 15) is 9.59 Å². The number of thiophene rings is 1. The van der Waals surface area contributed by atoms with Crippen molar-refractivity contribution in [2.24, 2.45) is 0 Å². The van der Waals surface area contributed by atoms with Gasteiger partial charge in [0.15, 0.2) is 0 Å². The normalized spacial score (nSPS) is 10.7. The number of aryl methyl sites for hydroxylation is 3. The van der Waals surface area contributed by atoms with Crippen molar-refractivity contribution in [1.82, 2.24) is 20.8 Å². The van der Waals surface area contributed by atoms with Crippen molar-refractivity contribution in [3.8, 4) is 0 Å². The van der Waals surface area contributed by atoms with Gasteiger partial charge >= 0.3 is 0 Å². The summed E-state index contributed by atoms with van der Waals surface area (Å²) in [5.74, 6) is -0.148. The first kappa shape index (κ1) is 17.3. The van der Waals surface area contributed by atoms with Crippen molar-refractivity contribution < 1.29 is 9.59 Å². The number of amides is 2. The monoisotopic (exact) mass is 374 g/mol. The standard InChI is InChI=1S/C17H15ClN4O2S/c1-8-13-9(2)19-10(3)20-17(13)25-14(8)16(24)22-21-15(23)11-4-6-12(18)7-5-11/h4-7H,1-3H3,(H,21,23)(H,22,24). The van der Waals surface area contributed by atoms with Crippen LogP contribution in [0.5, 0.6) is 0 Å². The Kier molecular flexibility index (Phi) is 4.69. The van der Waals surface area contributed by atoms with E-state index in [4.69, 9.17) is 11.6 Å². The molecule has 0 saturated heterocycles. The van der Waals surface area contributed by atoms with Gasteiger partial charge in [-0.05, 0) is 50.6 Å². The van der Waals surface area contributed by atoms with Gasteiger partial charge in [0.1, 0.15) is 10.7 Å². The zero-order valence-electron chi connectivity index (χ0n) is 13.8. The highest BCUT2D eigenvalue weighted by molar-refractivity contribution is 7.20. The third-order valence-electron chi connectivity index (χ3n) is 3.69. The molecule has 6 nitrogen and oxygen atoms in total. The maximum absolute atomic E-state index is 12.4. The van der Waals surface area contributed by atoms with Crippen LogP contribution in [0.2, 0.25) is 5.02 Å². The molecule has 2 N–H and O–H groups in total. The predicted molar refractivity (Wildman–Crippen MR) is 98.0 cm³/mol. The number of hydrazine groups is 1. The number of halogens is 1. The Morgan fingerprint density at radius 1 is 1.00 bits per heavy atom. The molecule has 0 spiro atoms. The summed E-state index contributed by atoms with van der Waals surface area (Å²) in [4.78, 5) is 34.5. The summed E-state index contributed by atoms with van der Waals surface area (Å²) in [7, 11) is 0. The molecule has 0 saturated carbocycles. The lowest BCUT2D eigenvalue weighted by Gasteiger charge is -2.07. The highest BCUT2D eigenvalue weighted by Crippen LogP contribution is 2.30. The van der Waals surface area contributed by atoms with Crippen LogP contribution >= 0.6 is 22.9 Å². The second-order valence-corrected chi connectivity index (χ2v) is 6.94. The minimum atomic E-state index is -0.421. The van der Waals surface area contributed by atoms with Gasteiger partial charge in [0.25, 0.3) is 11.8 Å². The van der Waals surface area contributed by atoms with Gasteiger partial charge in [0.05, 0.1) is 4.88 Å². The first-order valence-electron chi connectivity index (χ1n) is 7.47. The number of hydrogen-bond donors (Lipinski definition) is 2. The molecule has 25 heavy (non-hydrogen) atoms. The molecule has 8 heteroatoms. The summed E-state index contributed by atoms with van der Waals surface area (Å²) >= 11 is 7.07. The number of nitrogens with one attached hydrogen (secondary N) is 2. The Balaban J connectivity index is 1.78. The van der Waals surface area contributed by atoms with Crippen LogP contribution in [0.4, 0.5) is 0 Å². The van der Waals surface area contributed by atoms with Crippen LogP contribution in [0.25, 0.3) is 10.2 Å². The summed E-state index contributed by atoms with van der Waals surface area (Å²) in [6.45, 7) is 5.55. The molecule has 0 aliphatic heterocycles. The number of fused-ring (bicyclic) bond motifs is 1. The van der Waals surface area contributed by atoms with Crippen molar-refractivity contribution in [1.29, 1.82) is 0 Å². The van der Waals surface area contributed by atoms with Crippen molar-refractivity contribution in [2.75, 3.05) is 0 Å². The third-order valence-corrected chi connectivity index (χ3v) is 5.12. The van der Waals surface area contributed by atoms with E-state index >= 15 is 0 Å².